The average molecular weight is 186 g/mol. The molecule has 1 N–H and O–H groups in total. The second-order valence-electron chi connectivity index (χ2n) is 4.02. The maximum Gasteiger partial charge on any atom is 0.189 e. The summed E-state index contributed by atoms with van der Waals surface area (Å²) in [6.45, 7) is 3.81. The van der Waals surface area contributed by atoms with E-state index in [0.29, 0.717) is 12.8 Å². The van der Waals surface area contributed by atoms with E-state index in [2.05, 4.69) is 0 Å². The highest BCUT2D eigenvalue weighted by molar-refractivity contribution is 5.88. The predicted octanol–water partition coefficient (Wildman–Crippen LogP) is 1.29. The summed E-state index contributed by atoms with van der Waals surface area (Å²) in [5.41, 5.74) is -1.07. The fourth-order valence-corrected chi connectivity index (χ4v) is 1.62. The highest BCUT2D eigenvalue weighted by atomic mass is 16.5. The molecule has 0 heterocycles. The van der Waals surface area contributed by atoms with Crippen molar-refractivity contribution in [3.05, 3.63) is 0 Å². The van der Waals surface area contributed by atoms with Crippen LogP contribution >= 0.6 is 0 Å². The molecule has 1 fully saturated rings. The summed E-state index contributed by atoms with van der Waals surface area (Å²) in [5, 5.41) is 9.84. The number of aliphatic hydroxyl groups is 1. The Kier molecular flexibility index (Phi) is 3.45. The lowest BCUT2D eigenvalue weighted by atomic mass is 9.97. The number of hydrogen-bond acceptors (Lipinski definition) is 3. The summed E-state index contributed by atoms with van der Waals surface area (Å²) < 4.78 is 5.17. The van der Waals surface area contributed by atoms with Crippen molar-refractivity contribution in [2.24, 2.45) is 0 Å². The van der Waals surface area contributed by atoms with Crippen molar-refractivity contribution in [3.63, 3.8) is 0 Å². The molecule has 1 aliphatic rings. The molecule has 0 saturated heterocycles. The van der Waals surface area contributed by atoms with Crippen LogP contribution in [0.2, 0.25) is 0 Å². The molecule has 76 valence electrons. The fourth-order valence-electron chi connectivity index (χ4n) is 1.62. The van der Waals surface area contributed by atoms with Crippen molar-refractivity contribution >= 4 is 5.78 Å². The van der Waals surface area contributed by atoms with Gasteiger partial charge in [0.2, 0.25) is 0 Å². The van der Waals surface area contributed by atoms with E-state index < -0.39 is 5.60 Å². The Morgan fingerprint density at radius 3 is 2.46 bits per heavy atom. The first kappa shape index (κ1) is 10.7. The van der Waals surface area contributed by atoms with Crippen LogP contribution in [0, 0.1) is 0 Å². The summed E-state index contributed by atoms with van der Waals surface area (Å²) in [6.07, 6.45) is 3.16. The Morgan fingerprint density at radius 2 is 2.00 bits per heavy atom. The zero-order valence-electron chi connectivity index (χ0n) is 8.38. The normalized spacial score (nSPS) is 20.9. The summed E-state index contributed by atoms with van der Waals surface area (Å²) >= 11 is 0. The van der Waals surface area contributed by atoms with E-state index in [1.165, 1.54) is 0 Å². The molecule has 3 nitrogen and oxygen atoms in total. The molecule has 0 aromatic carbocycles. The van der Waals surface area contributed by atoms with Gasteiger partial charge in [0.25, 0.3) is 0 Å². The maximum absolute atomic E-state index is 11.5. The fraction of sp³-hybridized carbons (Fsp3) is 0.900. The van der Waals surface area contributed by atoms with Crippen LogP contribution < -0.4 is 0 Å². The SMILES string of the molecule is CC(C)OCC(=O)C1(O)CCCC1. The molecule has 0 spiro atoms. The summed E-state index contributed by atoms with van der Waals surface area (Å²) in [7, 11) is 0. The molecule has 0 amide bonds. The van der Waals surface area contributed by atoms with Gasteiger partial charge >= 0.3 is 0 Å². The van der Waals surface area contributed by atoms with Gasteiger partial charge in [-0.1, -0.05) is 0 Å². The molecular formula is C10H18O3. The van der Waals surface area contributed by atoms with Crippen LogP contribution in [-0.4, -0.2) is 29.2 Å². The van der Waals surface area contributed by atoms with Crippen LogP contribution in [0.4, 0.5) is 0 Å². The Hall–Kier alpha value is -0.410. The van der Waals surface area contributed by atoms with Gasteiger partial charge in [-0.3, -0.25) is 4.79 Å². The minimum absolute atomic E-state index is 0.0498. The van der Waals surface area contributed by atoms with Gasteiger partial charge in [-0.25, -0.2) is 0 Å². The first-order chi connectivity index (χ1) is 6.04. The van der Waals surface area contributed by atoms with Crippen molar-refractivity contribution in [3.8, 4) is 0 Å². The molecule has 0 unspecified atom stereocenters. The van der Waals surface area contributed by atoms with Crippen LogP contribution in [0.25, 0.3) is 0 Å². The van der Waals surface area contributed by atoms with Gasteiger partial charge in [-0.05, 0) is 39.5 Å². The monoisotopic (exact) mass is 186 g/mol. The third kappa shape index (κ3) is 2.78. The predicted molar refractivity (Wildman–Crippen MR) is 49.5 cm³/mol. The Bertz CT molecular complexity index is 181. The van der Waals surface area contributed by atoms with Gasteiger partial charge in [0.05, 0.1) is 6.10 Å². The van der Waals surface area contributed by atoms with Gasteiger partial charge in [-0.2, -0.15) is 0 Å². The van der Waals surface area contributed by atoms with Crippen molar-refractivity contribution in [1.29, 1.82) is 0 Å². The number of rotatable bonds is 4. The molecule has 3 heteroatoms. The molecule has 1 aliphatic carbocycles. The van der Waals surface area contributed by atoms with Crippen LogP contribution in [0.15, 0.2) is 0 Å². The van der Waals surface area contributed by atoms with E-state index in [1.807, 2.05) is 13.8 Å². The van der Waals surface area contributed by atoms with Crippen molar-refractivity contribution in [2.45, 2.75) is 51.2 Å². The zero-order valence-corrected chi connectivity index (χ0v) is 8.38. The average Bonchev–Trinajstić information content (AvgIpc) is 2.49. The number of ether oxygens (including phenoxy) is 1. The number of Topliss-reactive ketones (excluding diaryl/α,β-unsaturated/α-hetero) is 1. The standard InChI is InChI=1S/C10H18O3/c1-8(2)13-7-9(11)10(12)5-3-4-6-10/h8,12H,3-7H2,1-2H3. The van der Waals surface area contributed by atoms with Gasteiger partial charge in [-0.15, -0.1) is 0 Å². The summed E-state index contributed by atoms with van der Waals surface area (Å²) in [6, 6.07) is 0. The molecule has 0 atom stereocenters. The highest BCUT2D eigenvalue weighted by Crippen LogP contribution is 2.30. The van der Waals surface area contributed by atoms with Gasteiger partial charge in [0.1, 0.15) is 12.2 Å². The maximum atomic E-state index is 11.5. The van der Waals surface area contributed by atoms with E-state index in [9.17, 15) is 9.90 Å². The largest absolute Gasteiger partial charge is 0.382 e. The lowest BCUT2D eigenvalue weighted by Crippen LogP contribution is -2.38. The van der Waals surface area contributed by atoms with E-state index >= 15 is 0 Å². The number of ketones is 1. The van der Waals surface area contributed by atoms with Crippen molar-refractivity contribution < 1.29 is 14.6 Å². The Balaban J connectivity index is 2.38. The molecule has 13 heavy (non-hydrogen) atoms. The molecule has 1 rings (SSSR count). The van der Waals surface area contributed by atoms with E-state index in [-0.39, 0.29) is 18.5 Å². The minimum Gasteiger partial charge on any atom is -0.382 e. The molecule has 0 aromatic heterocycles. The topological polar surface area (TPSA) is 46.5 Å². The Morgan fingerprint density at radius 1 is 1.46 bits per heavy atom. The first-order valence-corrected chi connectivity index (χ1v) is 4.92. The molecule has 0 bridgehead atoms. The Labute approximate surface area is 79.1 Å². The number of carbonyl (C=O) groups excluding carboxylic acids is 1. The van der Waals surface area contributed by atoms with E-state index in [1.54, 1.807) is 0 Å². The zero-order chi connectivity index (χ0) is 9.90. The van der Waals surface area contributed by atoms with Gasteiger partial charge < -0.3 is 9.84 Å². The molecule has 0 aliphatic heterocycles. The molecule has 1 saturated carbocycles. The van der Waals surface area contributed by atoms with Crippen LogP contribution in [0.5, 0.6) is 0 Å². The second kappa shape index (κ2) is 4.20. The smallest absolute Gasteiger partial charge is 0.189 e. The van der Waals surface area contributed by atoms with Gasteiger partial charge in [0.15, 0.2) is 5.78 Å². The third-order valence-electron chi connectivity index (χ3n) is 2.50. The van der Waals surface area contributed by atoms with Crippen LogP contribution in [-0.2, 0) is 9.53 Å². The quantitative estimate of drug-likeness (QED) is 0.719. The van der Waals surface area contributed by atoms with Gasteiger partial charge in [0, 0.05) is 0 Å². The van der Waals surface area contributed by atoms with Crippen LogP contribution in [0.3, 0.4) is 0 Å². The first-order valence-electron chi connectivity index (χ1n) is 4.92. The lowest BCUT2D eigenvalue weighted by molar-refractivity contribution is -0.143. The lowest BCUT2D eigenvalue weighted by Gasteiger charge is -2.20. The highest BCUT2D eigenvalue weighted by Gasteiger charge is 2.38. The minimum atomic E-state index is -1.07. The van der Waals surface area contributed by atoms with Crippen molar-refractivity contribution in [1.82, 2.24) is 0 Å². The second-order valence-corrected chi connectivity index (χ2v) is 4.02. The third-order valence-corrected chi connectivity index (χ3v) is 2.50. The van der Waals surface area contributed by atoms with Crippen molar-refractivity contribution in [2.75, 3.05) is 6.61 Å². The van der Waals surface area contributed by atoms with Crippen LogP contribution in [0.1, 0.15) is 39.5 Å². The molecule has 0 radical (unpaired) electrons. The molecule has 0 aromatic rings. The molecular weight excluding hydrogens is 168 g/mol. The summed E-state index contributed by atoms with van der Waals surface area (Å²) in [4.78, 5) is 11.5. The number of hydrogen-bond donors (Lipinski definition) is 1. The van der Waals surface area contributed by atoms with E-state index in [0.717, 1.165) is 12.8 Å². The van der Waals surface area contributed by atoms with E-state index in [4.69, 9.17) is 4.74 Å². The number of carbonyl (C=O) groups is 1. The summed E-state index contributed by atoms with van der Waals surface area (Å²) in [5.74, 6) is -0.154.